The molecular formula is C18H19ClFNO. The average molecular weight is 320 g/mol. The van der Waals surface area contributed by atoms with Crippen molar-refractivity contribution in [2.75, 3.05) is 6.61 Å². The highest BCUT2D eigenvalue weighted by molar-refractivity contribution is 6.17. The molecule has 3 rings (SSSR count). The molecule has 0 radical (unpaired) electrons. The van der Waals surface area contributed by atoms with Crippen molar-refractivity contribution in [3.05, 3.63) is 47.4 Å². The van der Waals surface area contributed by atoms with Crippen LogP contribution < -0.4 is 4.74 Å². The normalized spacial score (nSPS) is 14.7. The van der Waals surface area contributed by atoms with Crippen molar-refractivity contribution in [3.8, 4) is 17.0 Å². The summed E-state index contributed by atoms with van der Waals surface area (Å²) in [4.78, 5) is 4.24. The molecule has 0 unspecified atom stereocenters. The molecule has 2 nitrogen and oxygen atoms in total. The quantitative estimate of drug-likeness (QED) is 0.698. The standard InChI is InChI=1S/C18H19ClFNO/c1-2-22-18-9-16(17-7-6-14(20)11-21-17)15(8-13(18)10-19)12-4-3-5-12/h6-9,11-12H,2-5,10H2,1H3. The maximum Gasteiger partial charge on any atom is 0.141 e. The lowest BCUT2D eigenvalue weighted by Crippen LogP contribution is -2.11. The molecule has 0 aliphatic heterocycles. The molecule has 0 bridgehead atoms. The van der Waals surface area contributed by atoms with Gasteiger partial charge in [0.15, 0.2) is 0 Å². The zero-order valence-electron chi connectivity index (χ0n) is 12.6. The van der Waals surface area contributed by atoms with Gasteiger partial charge < -0.3 is 4.74 Å². The summed E-state index contributed by atoms with van der Waals surface area (Å²) < 4.78 is 18.9. The molecule has 2 aromatic rings. The number of ether oxygens (including phenoxy) is 1. The van der Waals surface area contributed by atoms with E-state index in [1.54, 1.807) is 6.07 Å². The molecule has 22 heavy (non-hydrogen) atoms. The van der Waals surface area contributed by atoms with Crippen LogP contribution in [0, 0.1) is 5.82 Å². The molecule has 1 fully saturated rings. The predicted molar refractivity (Wildman–Crippen MR) is 86.9 cm³/mol. The minimum absolute atomic E-state index is 0.323. The van der Waals surface area contributed by atoms with Crippen molar-refractivity contribution in [1.82, 2.24) is 4.98 Å². The molecular weight excluding hydrogens is 301 g/mol. The molecule has 1 heterocycles. The Hall–Kier alpha value is -1.61. The molecule has 0 N–H and O–H groups in total. The molecule has 0 saturated heterocycles. The summed E-state index contributed by atoms with van der Waals surface area (Å²) in [5.41, 5.74) is 4.08. The van der Waals surface area contributed by atoms with Gasteiger partial charge in [-0.3, -0.25) is 4.98 Å². The van der Waals surface area contributed by atoms with E-state index < -0.39 is 0 Å². The third-order valence-electron chi connectivity index (χ3n) is 4.22. The lowest BCUT2D eigenvalue weighted by atomic mass is 9.77. The van der Waals surface area contributed by atoms with Gasteiger partial charge in [-0.25, -0.2) is 4.39 Å². The molecule has 1 aromatic heterocycles. The van der Waals surface area contributed by atoms with Crippen molar-refractivity contribution in [2.24, 2.45) is 0 Å². The van der Waals surface area contributed by atoms with E-state index in [0.717, 1.165) is 22.6 Å². The summed E-state index contributed by atoms with van der Waals surface area (Å²) in [6, 6.07) is 7.32. The van der Waals surface area contributed by atoms with Crippen LogP contribution in [0.15, 0.2) is 30.5 Å². The number of hydrogen-bond acceptors (Lipinski definition) is 2. The second-order valence-corrected chi connectivity index (χ2v) is 5.87. The molecule has 0 amide bonds. The monoisotopic (exact) mass is 319 g/mol. The fraction of sp³-hybridized carbons (Fsp3) is 0.389. The highest BCUT2D eigenvalue weighted by atomic mass is 35.5. The molecule has 1 aliphatic carbocycles. The Labute approximate surface area is 135 Å². The van der Waals surface area contributed by atoms with E-state index in [-0.39, 0.29) is 5.82 Å². The van der Waals surface area contributed by atoms with Gasteiger partial charge >= 0.3 is 0 Å². The maximum atomic E-state index is 13.2. The van der Waals surface area contributed by atoms with Crippen molar-refractivity contribution >= 4 is 11.6 Å². The highest BCUT2D eigenvalue weighted by Gasteiger charge is 2.25. The van der Waals surface area contributed by atoms with Gasteiger partial charge in [-0.05, 0) is 55.5 Å². The SMILES string of the molecule is CCOc1cc(-c2ccc(F)cn2)c(C2CCC2)cc1CCl. The predicted octanol–water partition coefficient (Wildman–Crippen LogP) is 5.29. The molecule has 1 aliphatic rings. The number of rotatable bonds is 5. The van der Waals surface area contributed by atoms with E-state index in [9.17, 15) is 4.39 Å². The van der Waals surface area contributed by atoms with Gasteiger partial charge in [-0.15, -0.1) is 11.6 Å². The van der Waals surface area contributed by atoms with E-state index in [1.165, 1.54) is 37.1 Å². The van der Waals surface area contributed by atoms with E-state index in [1.807, 2.05) is 13.0 Å². The number of pyridine rings is 1. The van der Waals surface area contributed by atoms with Gasteiger partial charge in [-0.2, -0.15) is 0 Å². The summed E-state index contributed by atoms with van der Waals surface area (Å²) in [7, 11) is 0. The third-order valence-corrected chi connectivity index (χ3v) is 4.51. The van der Waals surface area contributed by atoms with Crippen LogP contribution in [0.5, 0.6) is 5.75 Å². The largest absolute Gasteiger partial charge is 0.494 e. The van der Waals surface area contributed by atoms with E-state index in [0.29, 0.717) is 18.4 Å². The van der Waals surface area contributed by atoms with Crippen LogP contribution in [0.4, 0.5) is 4.39 Å². The summed E-state index contributed by atoms with van der Waals surface area (Å²) in [6.07, 6.45) is 4.88. The second-order valence-electron chi connectivity index (χ2n) is 5.60. The number of benzene rings is 1. The summed E-state index contributed by atoms with van der Waals surface area (Å²) in [6.45, 7) is 2.54. The molecule has 0 spiro atoms. The highest BCUT2D eigenvalue weighted by Crippen LogP contribution is 2.43. The van der Waals surface area contributed by atoms with Crippen molar-refractivity contribution in [2.45, 2.75) is 38.0 Å². The first-order chi connectivity index (χ1) is 10.7. The minimum atomic E-state index is -0.323. The van der Waals surface area contributed by atoms with Gasteiger partial charge in [0.2, 0.25) is 0 Å². The van der Waals surface area contributed by atoms with E-state index >= 15 is 0 Å². The van der Waals surface area contributed by atoms with Crippen molar-refractivity contribution < 1.29 is 9.13 Å². The van der Waals surface area contributed by atoms with Crippen LogP contribution in [0.25, 0.3) is 11.3 Å². The first-order valence-corrected chi connectivity index (χ1v) is 8.24. The fourth-order valence-corrected chi connectivity index (χ4v) is 3.06. The molecule has 4 heteroatoms. The topological polar surface area (TPSA) is 22.1 Å². The lowest BCUT2D eigenvalue weighted by molar-refractivity contribution is 0.337. The summed E-state index contributed by atoms with van der Waals surface area (Å²) in [5, 5.41) is 0. The van der Waals surface area contributed by atoms with E-state index in [2.05, 4.69) is 11.1 Å². The Balaban J connectivity index is 2.11. The zero-order valence-corrected chi connectivity index (χ0v) is 13.4. The fourth-order valence-electron chi connectivity index (χ4n) is 2.85. The minimum Gasteiger partial charge on any atom is -0.494 e. The number of alkyl halides is 1. The number of aromatic nitrogens is 1. The second kappa shape index (κ2) is 6.66. The van der Waals surface area contributed by atoms with E-state index in [4.69, 9.17) is 16.3 Å². The smallest absolute Gasteiger partial charge is 0.141 e. The Morgan fingerprint density at radius 1 is 1.32 bits per heavy atom. The van der Waals surface area contributed by atoms with Gasteiger partial charge in [-0.1, -0.05) is 6.42 Å². The van der Waals surface area contributed by atoms with Crippen molar-refractivity contribution in [1.29, 1.82) is 0 Å². The van der Waals surface area contributed by atoms with Gasteiger partial charge in [0, 0.05) is 11.1 Å². The van der Waals surface area contributed by atoms with Crippen molar-refractivity contribution in [3.63, 3.8) is 0 Å². The molecule has 116 valence electrons. The van der Waals surface area contributed by atoms with Crippen LogP contribution in [0.2, 0.25) is 0 Å². The maximum absolute atomic E-state index is 13.2. The Kier molecular flexibility index (Phi) is 4.63. The van der Waals surface area contributed by atoms with Gasteiger partial charge in [0.05, 0.1) is 24.4 Å². The number of halogens is 2. The summed E-state index contributed by atoms with van der Waals surface area (Å²) >= 11 is 6.08. The van der Waals surface area contributed by atoms with Crippen LogP contribution in [0.3, 0.4) is 0 Å². The third kappa shape index (κ3) is 2.95. The Bertz CT molecular complexity index is 653. The Morgan fingerprint density at radius 3 is 2.68 bits per heavy atom. The van der Waals surface area contributed by atoms with Gasteiger partial charge in [0.25, 0.3) is 0 Å². The number of hydrogen-bond donors (Lipinski definition) is 0. The average Bonchev–Trinajstić information content (AvgIpc) is 2.47. The number of nitrogens with zero attached hydrogens (tertiary/aromatic N) is 1. The van der Waals surface area contributed by atoms with Crippen LogP contribution in [-0.2, 0) is 5.88 Å². The Morgan fingerprint density at radius 2 is 2.14 bits per heavy atom. The molecule has 0 atom stereocenters. The summed E-state index contributed by atoms with van der Waals surface area (Å²) in [5.74, 6) is 1.43. The first-order valence-electron chi connectivity index (χ1n) is 7.70. The zero-order chi connectivity index (χ0) is 15.5. The van der Waals surface area contributed by atoms with Gasteiger partial charge in [0.1, 0.15) is 11.6 Å². The first kappa shape index (κ1) is 15.3. The molecule has 1 aromatic carbocycles. The lowest BCUT2D eigenvalue weighted by Gasteiger charge is -2.29. The van der Waals surface area contributed by atoms with Crippen LogP contribution in [0.1, 0.15) is 43.2 Å². The van der Waals surface area contributed by atoms with Crippen LogP contribution >= 0.6 is 11.6 Å². The molecule has 1 saturated carbocycles. The van der Waals surface area contributed by atoms with Crippen LogP contribution in [-0.4, -0.2) is 11.6 Å².